The fraction of sp³-hybridized carbons (Fsp3) is 0.321. The monoisotopic (exact) mass is 471 g/mol. The van der Waals surface area contributed by atoms with Crippen molar-refractivity contribution >= 4 is 17.1 Å². The Labute approximate surface area is 204 Å². The van der Waals surface area contributed by atoms with E-state index in [9.17, 15) is 9.18 Å². The molecule has 35 heavy (non-hydrogen) atoms. The van der Waals surface area contributed by atoms with Gasteiger partial charge in [-0.1, -0.05) is 12.1 Å². The molecule has 2 aromatic carbocycles. The summed E-state index contributed by atoms with van der Waals surface area (Å²) < 4.78 is 15.3. The fourth-order valence-electron chi connectivity index (χ4n) is 4.21. The molecule has 2 aromatic heterocycles. The molecular weight excluding hydrogens is 441 g/mol. The van der Waals surface area contributed by atoms with Crippen LogP contribution in [0.25, 0.3) is 28.2 Å². The quantitative estimate of drug-likeness (QED) is 0.325. The standard InChI is InChI=1S/C28H30FN5O/c1-17-12-20(8-11-22(17)26(35)13-18-4-5-18)25-15-31-27-24(32-16-28(2,3)30)14-23(33-34(25)27)19-6-9-21(29)10-7-19/h6-12,14-15,18,32H,4-5,13,16,30H2,1-3H3. The number of fused-ring (bicyclic) bond motifs is 1. The molecule has 1 aliphatic rings. The number of ketones is 1. The molecule has 0 saturated heterocycles. The number of aromatic nitrogens is 3. The molecule has 1 fully saturated rings. The summed E-state index contributed by atoms with van der Waals surface area (Å²) >= 11 is 0. The highest BCUT2D eigenvalue weighted by Crippen LogP contribution is 2.34. The molecule has 6 nitrogen and oxygen atoms in total. The molecule has 0 atom stereocenters. The molecule has 0 amide bonds. The van der Waals surface area contributed by atoms with E-state index < -0.39 is 5.54 Å². The number of halogens is 1. The van der Waals surface area contributed by atoms with Gasteiger partial charge in [0.15, 0.2) is 11.4 Å². The summed E-state index contributed by atoms with van der Waals surface area (Å²) in [5, 5.41) is 8.25. The van der Waals surface area contributed by atoms with Crippen molar-refractivity contribution in [3.05, 3.63) is 71.7 Å². The first-order chi connectivity index (χ1) is 16.7. The van der Waals surface area contributed by atoms with Crippen LogP contribution >= 0.6 is 0 Å². The van der Waals surface area contributed by atoms with Crippen LogP contribution in [0.15, 0.2) is 54.7 Å². The lowest BCUT2D eigenvalue weighted by Gasteiger charge is -2.20. The number of Topliss-reactive ketones (excluding diaryl/α,β-unsaturated/α-hetero) is 1. The average molecular weight is 472 g/mol. The zero-order valence-corrected chi connectivity index (χ0v) is 20.3. The van der Waals surface area contributed by atoms with Crippen molar-refractivity contribution in [2.75, 3.05) is 11.9 Å². The van der Waals surface area contributed by atoms with Crippen LogP contribution in [0.1, 0.15) is 49.0 Å². The second-order valence-corrected chi connectivity index (χ2v) is 10.3. The van der Waals surface area contributed by atoms with Gasteiger partial charge in [0.05, 0.1) is 23.3 Å². The average Bonchev–Trinajstić information content (AvgIpc) is 3.52. The third kappa shape index (κ3) is 5.10. The van der Waals surface area contributed by atoms with Crippen molar-refractivity contribution in [2.45, 2.75) is 45.6 Å². The van der Waals surface area contributed by atoms with Gasteiger partial charge in [-0.05, 0) is 81.5 Å². The molecule has 0 unspecified atom stereocenters. The lowest BCUT2D eigenvalue weighted by molar-refractivity contribution is 0.0975. The zero-order valence-electron chi connectivity index (χ0n) is 20.3. The Morgan fingerprint density at radius 3 is 2.51 bits per heavy atom. The summed E-state index contributed by atoms with van der Waals surface area (Å²) in [6.07, 6.45) is 4.73. The maximum absolute atomic E-state index is 13.5. The molecular formula is C28H30FN5O. The number of hydrogen-bond acceptors (Lipinski definition) is 5. The molecule has 2 heterocycles. The van der Waals surface area contributed by atoms with E-state index in [0.29, 0.717) is 30.2 Å². The van der Waals surface area contributed by atoms with Gasteiger partial charge >= 0.3 is 0 Å². The Bertz CT molecular complexity index is 1400. The smallest absolute Gasteiger partial charge is 0.177 e. The number of nitrogens with two attached hydrogens (primary N) is 1. The summed E-state index contributed by atoms with van der Waals surface area (Å²) in [5.74, 6) is 0.467. The highest BCUT2D eigenvalue weighted by molar-refractivity contribution is 5.98. The normalized spacial score (nSPS) is 13.9. The highest BCUT2D eigenvalue weighted by atomic mass is 19.1. The van der Waals surface area contributed by atoms with Crippen molar-refractivity contribution < 1.29 is 9.18 Å². The van der Waals surface area contributed by atoms with Gasteiger partial charge < -0.3 is 11.1 Å². The van der Waals surface area contributed by atoms with E-state index >= 15 is 0 Å². The number of benzene rings is 2. The molecule has 4 aromatic rings. The number of rotatable bonds is 8. The van der Waals surface area contributed by atoms with E-state index in [2.05, 4.69) is 10.3 Å². The van der Waals surface area contributed by atoms with E-state index in [1.807, 2.05) is 45.0 Å². The van der Waals surface area contributed by atoms with Crippen molar-refractivity contribution in [3.8, 4) is 22.5 Å². The first-order valence-electron chi connectivity index (χ1n) is 12.0. The molecule has 1 saturated carbocycles. The Balaban J connectivity index is 1.58. The van der Waals surface area contributed by atoms with Gasteiger partial charge in [-0.3, -0.25) is 4.79 Å². The van der Waals surface area contributed by atoms with Crippen LogP contribution in [0.3, 0.4) is 0 Å². The summed E-state index contributed by atoms with van der Waals surface area (Å²) in [5.41, 5.74) is 12.2. The Morgan fingerprint density at radius 2 is 1.86 bits per heavy atom. The Kier molecular flexibility index (Phi) is 5.89. The third-order valence-electron chi connectivity index (χ3n) is 6.34. The summed E-state index contributed by atoms with van der Waals surface area (Å²) in [6.45, 7) is 6.41. The number of carbonyl (C=O) groups excluding carboxylic acids is 1. The highest BCUT2D eigenvalue weighted by Gasteiger charge is 2.25. The van der Waals surface area contributed by atoms with Crippen LogP contribution in [0, 0.1) is 18.7 Å². The van der Waals surface area contributed by atoms with Gasteiger partial charge in [-0.15, -0.1) is 0 Å². The number of carbonyl (C=O) groups is 1. The molecule has 0 spiro atoms. The van der Waals surface area contributed by atoms with Crippen molar-refractivity contribution in [2.24, 2.45) is 11.7 Å². The summed E-state index contributed by atoms with van der Waals surface area (Å²) in [7, 11) is 0. The second kappa shape index (κ2) is 8.89. The maximum Gasteiger partial charge on any atom is 0.177 e. The van der Waals surface area contributed by atoms with E-state index in [-0.39, 0.29) is 11.6 Å². The van der Waals surface area contributed by atoms with Gasteiger partial charge in [0, 0.05) is 35.2 Å². The Hall–Kier alpha value is -3.58. The fourth-order valence-corrected chi connectivity index (χ4v) is 4.21. The molecule has 5 rings (SSSR count). The van der Waals surface area contributed by atoms with Crippen molar-refractivity contribution in [1.82, 2.24) is 14.6 Å². The van der Waals surface area contributed by atoms with Crippen molar-refractivity contribution in [3.63, 3.8) is 0 Å². The van der Waals surface area contributed by atoms with E-state index in [4.69, 9.17) is 10.8 Å². The maximum atomic E-state index is 13.5. The van der Waals surface area contributed by atoms with E-state index in [0.717, 1.165) is 46.5 Å². The first-order valence-corrected chi connectivity index (χ1v) is 12.0. The van der Waals surface area contributed by atoms with Gasteiger partial charge in [0.2, 0.25) is 0 Å². The van der Waals surface area contributed by atoms with Gasteiger partial charge in [0.25, 0.3) is 0 Å². The topological polar surface area (TPSA) is 85.3 Å². The Morgan fingerprint density at radius 1 is 1.14 bits per heavy atom. The van der Waals surface area contributed by atoms with Crippen molar-refractivity contribution in [1.29, 1.82) is 0 Å². The predicted molar refractivity (Wildman–Crippen MR) is 137 cm³/mol. The minimum Gasteiger partial charge on any atom is -0.380 e. The van der Waals surface area contributed by atoms with Gasteiger partial charge in [0.1, 0.15) is 5.82 Å². The van der Waals surface area contributed by atoms with Gasteiger partial charge in [-0.2, -0.15) is 5.10 Å². The lowest BCUT2D eigenvalue weighted by Crippen LogP contribution is -2.39. The molecule has 7 heteroatoms. The number of nitrogens with zero attached hydrogens (tertiary/aromatic N) is 3. The summed E-state index contributed by atoms with van der Waals surface area (Å²) in [6, 6.07) is 14.1. The number of aryl methyl sites for hydroxylation is 1. The van der Waals surface area contributed by atoms with Crippen LogP contribution < -0.4 is 11.1 Å². The van der Waals surface area contributed by atoms with Crippen LogP contribution in [0.4, 0.5) is 10.1 Å². The molecule has 0 aliphatic heterocycles. The number of imidazole rings is 1. The molecule has 0 radical (unpaired) electrons. The zero-order chi connectivity index (χ0) is 24.7. The van der Waals surface area contributed by atoms with Crippen LogP contribution in [0.2, 0.25) is 0 Å². The number of hydrogen-bond donors (Lipinski definition) is 2. The minimum atomic E-state index is -0.425. The summed E-state index contributed by atoms with van der Waals surface area (Å²) in [4.78, 5) is 17.3. The number of nitrogens with one attached hydrogen (secondary N) is 1. The molecule has 3 N–H and O–H groups in total. The second-order valence-electron chi connectivity index (χ2n) is 10.3. The lowest BCUT2D eigenvalue weighted by atomic mass is 9.98. The van der Waals surface area contributed by atoms with Crippen LogP contribution in [0.5, 0.6) is 0 Å². The first kappa shape index (κ1) is 23.2. The number of anilines is 1. The van der Waals surface area contributed by atoms with E-state index in [1.54, 1.807) is 22.8 Å². The third-order valence-corrected chi connectivity index (χ3v) is 6.34. The van der Waals surface area contributed by atoms with E-state index in [1.165, 1.54) is 12.1 Å². The van der Waals surface area contributed by atoms with Crippen LogP contribution in [-0.4, -0.2) is 32.5 Å². The molecule has 1 aliphatic carbocycles. The minimum absolute atomic E-state index is 0.210. The predicted octanol–water partition coefficient (Wildman–Crippen LogP) is 5.64. The van der Waals surface area contributed by atoms with Crippen LogP contribution in [-0.2, 0) is 0 Å². The molecule has 180 valence electrons. The molecule has 0 bridgehead atoms. The SMILES string of the molecule is Cc1cc(-c2cnc3c(NCC(C)(C)N)cc(-c4ccc(F)cc4)nn23)ccc1C(=O)CC1CC1. The largest absolute Gasteiger partial charge is 0.380 e. The van der Waals surface area contributed by atoms with Gasteiger partial charge in [-0.25, -0.2) is 13.9 Å².